The van der Waals surface area contributed by atoms with Gasteiger partial charge in [-0.05, 0) is 46.5 Å². The molecule has 2 heterocycles. The first-order valence-corrected chi connectivity index (χ1v) is 7.76. The van der Waals surface area contributed by atoms with Gasteiger partial charge in [0.05, 0.1) is 5.60 Å². The van der Waals surface area contributed by atoms with Gasteiger partial charge in [-0.15, -0.1) is 0 Å². The third-order valence-corrected chi connectivity index (χ3v) is 4.00. The lowest BCUT2D eigenvalue weighted by atomic mass is 10.0. The molecule has 20 heavy (non-hydrogen) atoms. The van der Waals surface area contributed by atoms with Gasteiger partial charge in [-0.1, -0.05) is 0 Å². The molecule has 0 aromatic rings. The fraction of sp³-hybridized carbons (Fsp3) is 0.933. The Morgan fingerprint density at radius 3 is 2.65 bits per heavy atom. The van der Waals surface area contributed by atoms with Crippen molar-refractivity contribution in [3.05, 3.63) is 0 Å². The van der Waals surface area contributed by atoms with Crippen LogP contribution in [0.3, 0.4) is 0 Å². The molecule has 2 rings (SSSR count). The number of hydrogen-bond acceptors (Lipinski definition) is 4. The Morgan fingerprint density at radius 2 is 2.00 bits per heavy atom. The summed E-state index contributed by atoms with van der Waals surface area (Å²) in [6.45, 7) is 8.22. The zero-order valence-corrected chi connectivity index (χ0v) is 13.0. The van der Waals surface area contributed by atoms with Gasteiger partial charge in [0.15, 0.2) is 0 Å². The van der Waals surface area contributed by atoms with Crippen molar-refractivity contribution in [2.45, 2.75) is 70.9 Å². The van der Waals surface area contributed by atoms with Gasteiger partial charge in [0, 0.05) is 32.1 Å². The number of amides is 1. The summed E-state index contributed by atoms with van der Waals surface area (Å²) in [5.41, 5.74) is -0.368. The molecule has 0 aromatic carbocycles. The predicted octanol–water partition coefficient (Wildman–Crippen LogP) is 1.55. The lowest BCUT2D eigenvalue weighted by Gasteiger charge is -2.43. The molecule has 2 aliphatic heterocycles. The Bertz CT molecular complexity index is 341. The molecule has 5 nitrogen and oxygen atoms in total. The molecule has 0 spiro atoms. The molecule has 0 saturated carbocycles. The number of ether oxygens (including phenoxy) is 1. The van der Waals surface area contributed by atoms with Crippen LogP contribution in [0.2, 0.25) is 0 Å². The highest BCUT2D eigenvalue weighted by Crippen LogP contribution is 2.23. The third-order valence-electron chi connectivity index (χ3n) is 4.00. The monoisotopic (exact) mass is 284 g/mol. The molecule has 0 bridgehead atoms. The largest absolute Gasteiger partial charge is 0.356 e. The maximum absolute atomic E-state index is 12.0. The number of carbonyl (C=O) groups is 1. The first-order chi connectivity index (χ1) is 9.37. The van der Waals surface area contributed by atoms with Crippen LogP contribution in [0, 0.1) is 0 Å². The van der Waals surface area contributed by atoms with Gasteiger partial charge in [0.2, 0.25) is 12.3 Å². The Morgan fingerprint density at radius 1 is 1.25 bits per heavy atom. The van der Waals surface area contributed by atoms with E-state index in [9.17, 15) is 9.90 Å². The summed E-state index contributed by atoms with van der Waals surface area (Å²) in [6, 6.07) is 0.231. The summed E-state index contributed by atoms with van der Waals surface area (Å²) in [5, 5.41) is 10.2. The number of piperidine rings is 2. The number of likely N-dealkylation sites (tertiary alicyclic amines) is 2. The molecule has 2 saturated heterocycles. The fourth-order valence-electron chi connectivity index (χ4n) is 3.04. The van der Waals surface area contributed by atoms with Crippen LogP contribution < -0.4 is 0 Å². The van der Waals surface area contributed by atoms with Gasteiger partial charge in [-0.3, -0.25) is 9.69 Å². The van der Waals surface area contributed by atoms with E-state index < -0.39 is 6.41 Å². The second kappa shape index (κ2) is 6.41. The van der Waals surface area contributed by atoms with E-state index in [0.29, 0.717) is 13.0 Å². The lowest BCUT2D eigenvalue weighted by Crippen LogP contribution is -2.55. The normalized spacial score (nSPS) is 27.7. The Kier molecular flexibility index (Phi) is 5.04. The van der Waals surface area contributed by atoms with E-state index in [1.54, 1.807) is 0 Å². The minimum absolute atomic E-state index is 0.231. The zero-order chi connectivity index (χ0) is 14.8. The molecule has 2 atom stereocenters. The van der Waals surface area contributed by atoms with Gasteiger partial charge in [0.25, 0.3) is 0 Å². The molecule has 1 N–H and O–H groups in total. The molecule has 2 aliphatic rings. The number of rotatable bonds is 3. The van der Waals surface area contributed by atoms with Crippen molar-refractivity contribution in [1.82, 2.24) is 9.80 Å². The van der Waals surface area contributed by atoms with Crippen molar-refractivity contribution in [1.29, 1.82) is 0 Å². The van der Waals surface area contributed by atoms with Crippen molar-refractivity contribution in [2.24, 2.45) is 0 Å². The van der Waals surface area contributed by atoms with Crippen LogP contribution in [0.5, 0.6) is 0 Å². The molecule has 1 amide bonds. The third kappa shape index (κ3) is 4.17. The molecule has 0 aromatic heterocycles. The van der Waals surface area contributed by atoms with Gasteiger partial charge in [-0.25, -0.2) is 0 Å². The first kappa shape index (κ1) is 15.7. The van der Waals surface area contributed by atoms with Crippen molar-refractivity contribution in [3.63, 3.8) is 0 Å². The second-order valence-electron chi connectivity index (χ2n) is 6.89. The van der Waals surface area contributed by atoms with Gasteiger partial charge in [-0.2, -0.15) is 0 Å². The minimum Gasteiger partial charge on any atom is -0.356 e. The smallest absolute Gasteiger partial charge is 0.222 e. The van der Waals surface area contributed by atoms with Crippen molar-refractivity contribution < 1.29 is 14.6 Å². The van der Waals surface area contributed by atoms with Crippen LogP contribution in [-0.4, -0.2) is 58.5 Å². The Hall–Kier alpha value is -0.650. The highest BCUT2D eigenvalue weighted by molar-refractivity contribution is 5.77. The van der Waals surface area contributed by atoms with Crippen LogP contribution in [0.4, 0.5) is 0 Å². The van der Waals surface area contributed by atoms with E-state index >= 15 is 0 Å². The van der Waals surface area contributed by atoms with E-state index in [4.69, 9.17) is 4.74 Å². The average Bonchev–Trinajstić information content (AvgIpc) is 2.37. The van der Waals surface area contributed by atoms with Crippen molar-refractivity contribution in [3.8, 4) is 0 Å². The van der Waals surface area contributed by atoms with Crippen molar-refractivity contribution >= 4 is 5.91 Å². The molecular formula is C15H28N2O3. The number of aliphatic hydroxyl groups is 1. The minimum atomic E-state index is -0.877. The standard InChI is InChI=1S/C15H28N2O3/c1-15(2,3)20-14(19)16-9-6-7-12(11-16)17-10-5-4-8-13(17)18/h12,14,19H,4-11H2,1-3H3/t12-,14?/m1/s1. The number of nitrogens with zero attached hydrogens (tertiary/aromatic N) is 2. The predicted molar refractivity (Wildman–Crippen MR) is 77.0 cm³/mol. The molecule has 0 aliphatic carbocycles. The fourth-order valence-corrected chi connectivity index (χ4v) is 3.04. The summed E-state index contributed by atoms with van der Waals surface area (Å²) >= 11 is 0. The summed E-state index contributed by atoms with van der Waals surface area (Å²) in [4.78, 5) is 16.0. The van der Waals surface area contributed by atoms with E-state index in [2.05, 4.69) is 0 Å². The molecule has 116 valence electrons. The zero-order valence-electron chi connectivity index (χ0n) is 13.0. The maximum atomic E-state index is 12.0. The molecule has 1 unspecified atom stereocenters. The van der Waals surface area contributed by atoms with Gasteiger partial charge >= 0.3 is 0 Å². The SMILES string of the molecule is CC(C)(C)OC(O)N1CCC[C@@H](N2CCCCC2=O)C1. The quantitative estimate of drug-likeness (QED) is 0.799. The topological polar surface area (TPSA) is 53.0 Å². The van der Waals surface area contributed by atoms with Crippen molar-refractivity contribution in [2.75, 3.05) is 19.6 Å². The first-order valence-electron chi connectivity index (χ1n) is 7.76. The van der Waals surface area contributed by atoms with E-state index in [0.717, 1.165) is 38.8 Å². The summed E-state index contributed by atoms with van der Waals surface area (Å²) < 4.78 is 5.62. The van der Waals surface area contributed by atoms with E-state index in [-0.39, 0.29) is 17.6 Å². The summed E-state index contributed by atoms with van der Waals surface area (Å²) in [7, 11) is 0. The second-order valence-corrected chi connectivity index (χ2v) is 6.89. The van der Waals surface area contributed by atoms with E-state index in [1.165, 1.54) is 0 Å². The molecule has 2 fully saturated rings. The maximum Gasteiger partial charge on any atom is 0.222 e. The highest BCUT2D eigenvalue weighted by atomic mass is 16.6. The van der Waals surface area contributed by atoms with Crippen LogP contribution in [0.15, 0.2) is 0 Å². The molecule has 0 radical (unpaired) electrons. The number of carbonyl (C=O) groups excluding carboxylic acids is 1. The van der Waals surface area contributed by atoms with Crippen LogP contribution in [-0.2, 0) is 9.53 Å². The molecule has 5 heteroatoms. The number of aliphatic hydroxyl groups excluding tert-OH is 1. The van der Waals surface area contributed by atoms with Crippen LogP contribution in [0.1, 0.15) is 52.9 Å². The summed E-state index contributed by atoms with van der Waals surface area (Å²) in [6.07, 6.45) is 3.95. The summed E-state index contributed by atoms with van der Waals surface area (Å²) in [5.74, 6) is 0.273. The van der Waals surface area contributed by atoms with Crippen LogP contribution >= 0.6 is 0 Å². The van der Waals surface area contributed by atoms with Crippen LogP contribution in [0.25, 0.3) is 0 Å². The van der Waals surface area contributed by atoms with E-state index in [1.807, 2.05) is 30.6 Å². The van der Waals surface area contributed by atoms with Gasteiger partial charge in [0.1, 0.15) is 0 Å². The van der Waals surface area contributed by atoms with Gasteiger partial charge < -0.3 is 14.7 Å². The number of hydrogen-bond donors (Lipinski definition) is 1. The highest BCUT2D eigenvalue weighted by Gasteiger charge is 2.33. The lowest BCUT2D eigenvalue weighted by molar-refractivity contribution is -0.245. The Labute approximate surface area is 121 Å². The Balaban J connectivity index is 1.92. The average molecular weight is 284 g/mol. The molecular weight excluding hydrogens is 256 g/mol.